The Labute approximate surface area is 361 Å². The van der Waals surface area contributed by atoms with E-state index in [-0.39, 0.29) is 26.6 Å². The van der Waals surface area contributed by atoms with E-state index >= 15 is 0 Å². The minimum absolute atomic E-state index is 0.0657. The van der Waals surface area contributed by atoms with Gasteiger partial charge in [-0.25, -0.2) is 13.1 Å². The lowest BCUT2D eigenvalue weighted by molar-refractivity contribution is -0.378. The van der Waals surface area contributed by atoms with Crippen LogP contribution in [0, 0.1) is 10.3 Å². The van der Waals surface area contributed by atoms with Crippen LogP contribution in [0.3, 0.4) is 0 Å². The zero-order chi connectivity index (χ0) is 41.9. The number of ether oxygens (including phenoxy) is 1. The van der Waals surface area contributed by atoms with E-state index in [0.717, 1.165) is 111 Å². The molecule has 2 saturated heterocycles. The third kappa shape index (κ3) is 9.90. The third-order valence-corrected chi connectivity index (χ3v) is 15.1. The van der Waals surface area contributed by atoms with Gasteiger partial charge in [0.15, 0.2) is 5.00 Å². The summed E-state index contributed by atoms with van der Waals surface area (Å²) in [6, 6.07) is 22.3. The molecule has 0 saturated carbocycles. The van der Waals surface area contributed by atoms with Crippen molar-refractivity contribution in [3.63, 3.8) is 0 Å². The first-order valence-corrected chi connectivity index (χ1v) is 23.5. The normalized spacial score (nSPS) is 17.6. The smallest absolute Gasteiger partial charge is 0.288 e. The van der Waals surface area contributed by atoms with Crippen molar-refractivity contribution in [2.45, 2.75) is 56.6 Å². The first kappa shape index (κ1) is 42.0. The Bertz CT molecular complexity index is 2480. The number of nitroso groups, excluding NO2 is 1. The van der Waals surface area contributed by atoms with Crippen LogP contribution in [-0.4, -0.2) is 88.0 Å². The van der Waals surface area contributed by atoms with E-state index in [4.69, 9.17) is 16.3 Å². The van der Waals surface area contributed by atoms with Gasteiger partial charge in [-0.3, -0.25) is 9.69 Å². The lowest BCUT2D eigenvalue weighted by atomic mass is 9.72. The monoisotopic (exact) mass is 870 g/mol. The number of nitrogens with zero attached hydrogens (tertiary/aromatic N) is 3. The van der Waals surface area contributed by atoms with E-state index in [1.165, 1.54) is 35.6 Å². The van der Waals surface area contributed by atoms with Gasteiger partial charge in [0.05, 0.1) is 5.56 Å². The van der Waals surface area contributed by atoms with Gasteiger partial charge in [-0.2, -0.15) is 0 Å². The van der Waals surface area contributed by atoms with Crippen LogP contribution in [0.2, 0.25) is 5.02 Å². The van der Waals surface area contributed by atoms with Gasteiger partial charge in [-0.05, 0) is 123 Å². The number of hydrogen-bond acceptors (Lipinski definition) is 10. The number of aromatic amines is 1. The fraction of sp³-hybridized carbons (Fsp3) is 0.400. The molecule has 2 aromatic heterocycles. The van der Waals surface area contributed by atoms with E-state index in [9.17, 15) is 18.1 Å². The molecule has 12 nitrogen and oxygen atoms in total. The summed E-state index contributed by atoms with van der Waals surface area (Å²) in [7, 11) is -4.35. The van der Waals surface area contributed by atoms with Crippen molar-refractivity contribution in [2.24, 2.45) is 5.41 Å². The van der Waals surface area contributed by atoms with Crippen molar-refractivity contribution in [2.75, 3.05) is 69.1 Å². The van der Waals surface area contributed by atoms with E-state index < -0.39 is 15.9 Å². The molecule has 15 heteroatoms. The maximum atomic E-state index is 13.9. The lowest BCUT2D eigenvalue weighted by Crippen LogP contribution is -2.55. The molecule has 0 unspecified atom stereocenters. The molecule has 1 amide bonds. The highest BCUT2D eigenvalue weighted by Gasteiger charge is 2.31. The average molecular weight is 872 g/mol. The number of benzene rings is 3. The van der Waals surface area contributed by atoms with Gasteiger partial charge in [0.2, 0.25) is 0 Å². The molecule has 4 heterocycles. The van der Waals surface area contributed by atoms with Crippen LogP contribution in [0.5, 0.6) is 11.5 Å². The molecule has 2 fully saturated rings. The lowest BCUT2D eigenvalue weighted by Gasteiger charge is -2.39. The van der Waals surface area contributed by atoms with Crippen molar-refractivity contribution in [3.05, 3.63) is 106 Å². The fourth-order valence-electron chi connectivity index (χ4n) is 8.55. The number of aromatic nitrogens is 1. The molecule has 316 valence electrons. The number of thiophene rings is 1. The molecule has 8 rings (SSSR count). The standard InChI is InChI=1S/C45H52ClN7O5S2/c1-45(2)16-14-33(38(29-45)31-6-8-34(46)9-7-31)30-52-22-24-53(25-23-52)35-10-12-37(41(27-35)58-36-11-13-39-32(26-36)15-18-47-39)43(54)50-60(56,57)42-28-40(49-55)44(59-42)48-17-5-21-51-19-3-4-20-51/h6-13,15,18,26-28,47-48H,3-5,14,16-17,19-25,29-30H2,1-2H3,(H,50,54)/p+1. The van der Waals surface area contributed by atoms with Gasteiger partial charge in [-0.1, -0.05) is 54.5 Å². The Hall–Kier alpha value is -4.73. The molecule has 1 aliphatic carbocycles. The number of hydrogen-bond donors (Lipinski definition) is 4. The Balaban J connectivity index is 0.981. The van der Waals surface area contributed by atoms with Crippen LogP contribution in [0.25, 0.3) is 16.5 Å². The second-order valence-electron chi connectivity index (χ2n) is 16.9. The van der Waals surface area contributed by atoms with Crippen molar-refractivity contribution in [3.8, 4) is 11.5 Å². The molecule has 4 N–H and O–H groups in total. The van der Waals surface area contributed by atoms with E-state index in [2.05, 4.69) is 55.7 Å². The molecule has 0 spiro atoms. The van der Waals surface area contributed by atoms with Crippen molar-refractivity contribution in [1.82, 2.24) is 19.5 Å². The number of carbonyl (C=O) groups is 1. The first-order valence-electron chi connectivity index (χ1n) is 20.8. The number of H-pyrrole nitrogens is 1. The maximum Gasteiger partial charge on any atom is 0.288 e. The topological polar surface area (TPSA) is 141 Å². The van der Waals surface area contributed by atoms with Crippen LogP contribution >= 0.6 is 22.9 Å². The van der Waals surface area contributed by atoms with Crippen LogP contribution in [0.15, 0.2) is 88.8 Å². The van der Waals surface area contributed by atoms with E-state index in [0.29, 0.717) is 17.3 Å². The highest BCUT2D eigenvalue weighted by molar-refractivity contribution is 7.92. The third-order valence-electron chi connectivity index (χ3n) is 11.9. The minimum atomic E-state index is -4.35. The summed E-state index contributed by atoms with van der Waals surface area (Å²) in [4.78, 5) is 36.1. The number of amides is 1. The number of anilines is 2. The second kappa shape index (κ2) is 18.1. The molecule has 0 radical (unpaired) electrons. The van der Waals surface area contributed by atoms with Gasteiger partial charge in [0.1, 0.15) is 15.7 Å². The number of likely N-dealkylation sites (tertiary alicyclic amines) is 1. The molecular formula is C45H53ClN7O5S2+. The fourth-order valence-corrected chi connectivity index (χ4v) is 11.0. The number of halogens is 1. The summed E-state index contributed by atoms with van der Waals surface area (Å²) in [5, 5.41) is 7.14. The Morgan fingerprint density at radius 2 is 1.73 bits per heavy atom. The van der Waals surface area contributed by atoms with Gasteiger partial charge >= 0.3 is 0 Å². The molecule has 0 bridgehead atoms. The number of piperazine rings is 1. The summed E-state index contributed by atoms with van der Waals surface area (Å²) >= 11 is 7.16. The quantitative estimate of drug-likeness (QED) is 0.0772. The van der Waals surface area contributed by atoms with Gasteiger partial charge in [-0.15, -0.1) is 0 Å². The summed E-state index contributed by atoms with van der Waals surface area (Å²) in [6.45, 7) is 12.6. The predicted octanol–water partition coefficient (Wildman–Crippen LogP) is 7.96. The Kier molecular flexibility index (Phi) is 12.7. The van der Waals surface area contributed by atoms with E-state index in [1.807, 2.05) is 59.9 Å². The number of carbonyl (C=O) groups excluding carboxylic acids is 1. The van der Waals surface area contributed by atoms with Crippen LogP contribution in [0.4, 0.5) is 16.4 Å². The second-order valence-corrected chi connectivity index (χ2v) is 20.3. The number of allylic oxidation sites excluding steroid dienone is 1. The summed E-state index contributed by atoms with van der Waals surface area (Å²) < 4.78 is 35.8. The molecular weight excluding hydrogens is 818 g/mol. The Morgan fingerprint density at radius 3 is 2.50 bits per heavy atom. The summed E-state index contributed by atoms with van der Waals surface area (Å²) in [6.07, 6.45) is 8.37. The van der Waals surface area contributed by atoms with E-state index in [1.54, 1.807) is 6.07 Å². The molecule has 60 heavy (non-hydrogen) atoms. The van der Waals surface area contributed by atoms with Crippen LogP contribution in [0.1, 0.15) is 68.3 Å². The highest BCUT2D eigenvalue weighted by atomic mass is 35.5. The van der Waals surface area contributed by atoms with Gasteiger partial charge in [0.25, 0.3) is 21.6 Å². The Morgan fingerprint density at radius 1 is 0.950 bits per heavy atom. The zero-order valence-corrected chi connectivity index (χ0v) is 36.6. The van der Waals surface area contributed by atoms with Gasteiger partial charge in [0, 0.05) is 89.3 Å². The molecule has 2 aliphatic heterocycles. The zero-order valence-electron chi connectivity index (χ0n) is 34.2. The minimum Gasteiger partial charge on any atom is -0.456 e. The van der Waals surface area contributed by atoms with Gasteiger partial charge < -0.3 is 24.8 Å². The molecule has 3 aromatic carbocycles. The first-order chi connectivity index (χ1) is 28.9. The SMILES string of the molecule is CC1(C)CCC(CN2CCN(c3ccc(C(=O)NS(=O)(=O)c4cc([NH+]=O)c(NCCCN5CCCC5)s4)c(Oc4ccc5[nH]ccc5c4)c3)CC2)=C(c2ccc(Cl)cc2)C1. The average Bonchev–Trinajstić information content (AvgIpc) is 4.03. The van der Waals surface area contributed by atoms with Crippen molar-refractivity contribution in [1.29, 1.82) is 0 Å². The number of sulfonamides is 1. The largest absolute Gasteiger partial charge is 0.456 e. The van der Waals surface area contributed by atoms with Crippen LogP contribution < -0.4 is 24.9 Å². The predicted molar refractivity (Wildman–Crippen MR) is 241 cm³/mol. The number of rotatable bonds is 15. The van der Waals surface area contributed by atoms with Crippen molar-refractivity contribution < 1.29 is 23.1 Å². The van der Waals surface area contributed by atoms with Crippen molar-refractivity contribution >= 4 is 71.7 Å². The summed E-state index contributed by atoms with van der Waals surface area (Å²) in [5.74, 6) is -0.102. The highest BCUT2D eigenvalue weighted by Crippen LogP contribution is 2.43. The number of fused-ring (bicyclic) bond motifs is 1. The molecule has 0 atom stereocenters. The molecule has 3 aliphatic rings. The van der Waals surface area contributed by atoms with Crippen LogP contribution in [-0.2, 0) is 10.0 Å². The molecule has 5 aromatic rings. The number of nitrogens with one attached hydrogen (secondary N) is 4. The summed E-state index contributed by atoms with van der Waals surface area (Å²) in [5.41, 5.74) is 6.41. The maximum absolute atomic E-state index is 13.9.